The standard InChI is InChI=1S/C32H41ClN6O2/c1-19-17-39(13-12-34-19)31(37-27-15-21-14-26(20(27)2)32(21,3)4)35-23-8-11-25-28(16-23)36-29(38(5)30(25)40)18-41-24-9-6-22(33)7-10-24/h6-11,16,19-21,26-27,34H,12-15,17-18H2,1-5H3,(H,35,37)/t19-,20-,21+,26?,27?/m0/s1. The van der Waals surface area contributed by atoms with Crippen LogP contribution in [-0.4, -0.2) is 52.1 Å². The summed E-state index contributed by atoms with van der Waals surface area (Å²) in [6.07, 6.45) is 2.48. The Morgan fingerprint density at radius 3 is 2.68 bits per heavy atom. The molecule has 2 aromatic carbocycles. The fraction of sp³-hybridized carbons (Fsp3) is 0.531. The molecule has 0 amide bonds. The number of piperazine rings is 1. The number of nitrogens with one attached hydrogen (secondary N) is 2. The number of aromatic nitrogens is 2. The fourth-order valence-electron chi connectivity index (χ4n) is 7.10. The van der Waals surface area contributed by atoms with Gasteiger partial charge in [-0.15, -0.1) is 0 Å². The number of anilines is 1. The zero-order chi connectivity index (χ0) is 28.9. The molecule has 3 saturated carbocycles. The van der Waals surface area contributed by atoms with Crippen molar-refractivity contribution in [2.45, 2.75) is 59.2 Å². The van der Waals surface area contributed by atoms with E-state index in [0.717, 1.165) is 49.5 Å². The van der Waals surface area contributed by atoms with Crippen LogP contribution in [0.15, 0.2) is 52.3 Å². The lowest BCUT2D eigenvalue weighted by Gasteiger charge is -2.61. The molecule has 2 unspecified atom stereocenters. The summed E-state index contributed by atoms with van der Waals surface area (Å²) in [6, 6.07) is 13.6. The molecule has 41 heavy (non-hydrogen) atoms. The minimum Gasteiger partial charge on any atom is -0.486 e. The first kappa shape index (κ1) is 28.0. The number of hydrogen-bond donors (Lipinski definition) is 2. The zero-order valence-corrected chi connectivity index (χ0v) is 25.4. The van der Waals surface area contributed by atoms with Crippen molar-refractivity contribution in [1.29, 1.82) is 0 Å². The number of halogens is 1. The molecule has 3 aromatic rings. The molecule has 0 radical (unpaired) electrons. The second kappa shape index (κ2) is 11.0. The van der Waals surface area contributed by atoms with E-state index in [9.17, 15) is 4.79 Å². The first-order valence-corrected chi connectivity index (χ1v) is 15.2. The summed E-state index contributed by atoms with van der Waals surface area (Å²) < 4.78 is 7.46. The van der Waals surface area contributed by atoms with Gasteiger partial charge in [0.15, 0.2) is 5.96 Å². The van der Waals surface area contributed by atoms with Gasteiger partial charge < -0.3 is 20.3 Å². The Labute approximate surface area is 247 Å². The van der Waals surface area contributed by atoms with Gasteiger partial charge in [-0.05, 0) is 85.4 Å². The van der Waals surface area contributed by atoms with E-state index in [1.54, 1.807) is 35.9 Å². The highest BCUT2D eigenvalue weighted by molar-refractivity contribution is 6.30. The van der Waals surface area contributed by atoms with Crippen LogP contribution in [0.4, 0.5) is 5.69 Å². The number of rotatable bonds is 5. The highest BCUT2D eigenvalue weighted by Crippen LogP contribution is 2.61. The van der Waals surface area contributed by atoms with Crippen LogP contribution in [0.25, 0.3) is 10.9 Å². The molecule has 0 spiro atoms. The van der Waals surface area contributed by atoms with E-state index < -0.39 is 0 Å². The monoisotopic (exact) mass is 576 g/mol. The van der Waals surface area contributed by atoms with Gasteiger partial charge in [-0.3, -0.25) is 9.36 Å². The van der Waals surface area contributed by atoms with Gasteiger partial charge in [0.05, 0.1) is 16.9 Å². The maximum atomic E-state index is 13.2. The largest absolute Gasteiger partial charge is 0.486 e. The van der Waals surface area contributed by atoms with Gasteiger partial charge in [0.25, 0.3) is 5.56 Å². The third-order valence-corrected chi connectivity index (χ3v) is 10.1. The molecule has 3 aliphatic carbocycles. The average Bonchev–Trinajstić information content (AvgIpc) is 2.95. The van der Waals surface area contributed by atoms with Crippen LogP contribution in [0.2, 0.25) is 5.02 Å². The molecule has 1 saturated heterocycles. The van der Waals surface area contributed by atoms with Crippen LogP contribution in [0, 0.1) is 23.2 Å². The first-order chi connectivity index (χ1) is 19.6. The van der Waals surface area contributed by atoms with Gasteiger partial charge in [0.2, 0.25) is 0 Å². The van der Waals surface area contributed by atoms with Crippen LogP contribution in [0.3, 0.4) is 0 Å². The minimum absolute atomic E-state index is 0.0982. The SMILES string of the molecule is C[C@@H]1C(N=C(Nc2ccc3c(=O)n(C)c(COc4ccc(Cl)cc4)nc3c2)N2CCN[C@@H](C)C2)C[C@H]2CC1C2(C)C. The zero-order valence-electron chi connectivity index (χ0n) is 24.7. The topological polar surface area (TPSA) is 83.8 Å². The lowest BCUT2D eigenvalue weighted by molar-refractivity contribution is -0.108. The van der Waals surface area contributed by atoms with Crippen LogP contribution in [0.1, 0.15) is 46.4 Å². The summed E-state index contributed by atoms with van der Waals surface area (Å²) in [5, 5.41) is 8.42. The van der Waals surface area contributed by atoms with E-state index in [2.05, 4.69) is 43.2 Å². The molecule has 9 heteroatoms. The molecular formula is C32H41ClN6O2. The summed E-state index contributed by atoms with van der Waals surface area (Å²) in [5.74, 6) is 4.17. The van der Waals surface area contributed by atoms with E-state index in [-0.39, 0.29) is 12.2 Å². The number of guanidine groups is 1. The van der Waals surface area contributed by atoms with E-state index in [1.807, 2.05) is 18.2 Å². The predicted molar refractivity (Wildman–Crippen MR) is 166 cm³/mol. The van der Waals surface area contributed by atoms with Crippen molar-refractivity contribution in [1.82, 2.24) is 19.8 Å². The Morgan fingerprint density at radius 1 is 1.20 bits per heavy atom. The van der Waals surface area contributed by atoms with Gasteiger partial charge in [-0.2, -0.15) is 0 Å². The number of aliphatic imine (C=N–C) groups is 1. The number of nitrogens with zero attached hydrogens (tertiary/aromatic N) is 4. The molecule has 2 N–H and O–H groups in total. The summed E-state index contributed by atoms with van der Waals surface area (Å²) in [6.45, 7) is 12.3. The van der Waals surface area contributed by atoms with E-state index in [1.165, 1.54) is 6.42 Å². The Morgan fingerprint density at radius 2 is 1.98 bits per heavy atom. The molecule has 5 atom stereocenters. The van der Waals surface area contributed by atoms with Gasteiger partial charge >= 0.3 is 0 Å². The van der Waals surface area contributed by atoms with Gasteiger partial charge in [-0.25, -0.2) is 9.98 Å². The first-order valence-electron chi connectivity index (χ1n) is 14.8. The van der Waals surface area contributed by atoms with Gasteiger partial charge in [-0.1, -0.05) is 32.4 Å². The van der Waals surface area contributed by atoms with Crippen molar-refractivity contribution < 1.29 is 4.74 Å². The van der Waals surface area contributed by atoms with E-state index in [4.69, 9.17) is 26.3 Å². The van der Waals surface area contributed by atoms with Crippen LogP contribution < -0.4 is 20.9 Å². The molecule has 4 fully saturated rings. The molecule has 2 heterocycles. The fourth-order valence-corrected chi connectivity index (χ4v) is 7.23. The van der Waals surface area contributed by atoms with Crippen molar-refractivity contribution in [2.75, 3.05) is 25.0 Å². The Hall–Kier alpha value is -3.10. The van der Waals surface area contributed by atoms with Crippen LogP contribution in [-0.2, 0) is 13.7 Å². The summed E-state index contributed by atoms with van der Waals surface area (Å²) >= 11 is 5.99. The molecule has 2 bridgehead atoms. The second-order valence-electron chi connectivity index (χ2n) is 12.8. The smallest absolute Gasteiger partial charge is 0.261 e. The molecular weight excluding hydrogens is 536 g/mol. The number of fused-ring (bicyclic) bond motifs is 3. The molecule has 7 rings (SSSR count). The normalized spacial score (nSPS) is 27.4. The molecule has 8 nitrogen and oxygen atoms in total. The van der Waals surface area contributed by atoms with Gasteiger partial charge in [0.1, 0.15) is 18.2 Å². The Kier molecular flexibility index (Phi) is 7.49. The summed E-state index contributed by atoms with van der Waals surface area (Å²) in [7, 11) is 1.73. The molecule has 218 valence electrons. The molecule has 4 aliphatic rings. The summed E-state index contributed by atoms with van der Waals surface area (Å²) in [4.78, 5) is 25.8. The lowest BCUT2D eigenvalue weighted by atomic mass is 9.45. The van der Waals surface area contributed by atoms with Crippen molar-refractivity contribution in [3.8, 4) is 5.75 Å². The highest BCUT2D eigenvalue weighted by atomic mass is 35.5. The average molecular weight is 577 g/mol. The lowest BCUT2D eigenvalue weighted by Crippen LogP contribution is -2.57. The quantitative estimate of drug-likeness (QED) is 0.317. The minimum atomic E-state index is -0.0982. The number of benzene rings is 2. The highest BCUT2D eigenvalue weighted by Gasteiger charge is 2.56. The predicted octanol–water partition coefficient (Wildman–Crippen LogP) is 5.30. The van der Waals surface area contributed by atoms with Crippen LogP contribution in [0.5, 0.6) is 5.75 Å². The van der Waals surface area contributed by atoms with E-state index in [0.29, 0.717) is 50.9 Å². The molecule has 1 aliphatic heterocycles. The van der Waals surface area contributed by atoms with Crippen molar-refractivity contribution in [2.24, 2.45) is 35.2 Å². The Balaban J connectivity index is 1.28. The van der Waals surface area contributed by atoms with Crippen LogP contribution >= 0.6 is 11.6 Å². The third kappa shape index (κ3) is 5.44. The van der Waals surface area contributed by atoms with Crippen molar-refractivity contribution in [3.05, 3.63) is 63.7 Å². The second-order valence-corrected chi connectivity index (χ2v) is 13.2. The molecule has 1 aromatic heterocycles. The maximum absolute atomic E-state index is 13.2. The summed E-state index contributed by atoms with van der Waals surface area (Å²) in [5.41, 5.74) is 1.84. The number of hydrogen-bond acceptors (Lipinski definition) is 5. The third-order valence-electron chi connectivity index (χ3n) is 9.88. The van der Waals surface area contributed by atoms with Crippen molar-refractivity contribution in [3.63, 3.8) is 0 Å². The van der Waals surface area contributed by atoms with E-state index >= 15 is 0 Å². The maximum Gasteiger partial charge on any atom is 0.261 e. The Bertz CT molecular complexity index is 1520. The van der Waals surface area contributed by atoms with Gasteiger partial charge in [0, 0.05) is 43.4 Å². The van der Waals surface area contributed by atoms with Crippen molar-refractivity contribution >= 4 is 34.2 Å². The number of ether oxygens (including phenoxy) is 1.